The van der Waals surface area contributed by atoms with Crippen LogP contribution in [0.2, 0.25) is 0 Å². The molecule has 1 saturated heterocycles. The second-order valence-electron chi connectivity index (χ2n) is 7.22. The van der Waals surface area contributed by atoms with Crippen LogP contribution >= 0.6 is 0 Å². The number of carbonyl (C=O) groups excluding carboxylic acids is 3. The smallest absolute Gasteiger partial charge is 0.311 e. The Labute approximate surface area is 170 Å². The molecule has 0 unspecified atom stereocenters. The van der Waals surface area contributed by atoms with Crippen molar-refractivity contribution in [3.05, 3.63) is 65.2 Å². The summed E-state index contributed by atoms with van der Waals surface area (Å²) in [6.07, 6.45) is 0.140. The average molecular weight is 395 g/mol. The fraction of sp³-hybridized carbons (Fsp3) is 0.348. The highest BCUT2D eigenvalue weighted by atomic mass is 16.5. The Balaban J connectivity index is 1.64. The number of likely N-dealkylation sites (tertiary alicyclic amines) is 1. The Morgan fingerprint density at radius 2 is 1.90 bits per heavy atom. The molecule has 0 spiro atoms. The van der Waals surface area contributed by atoms with E-state index in [4.69, 9.17) is 9.47 Å². The summed E-state index contributed by atoms with van der Waals surface area (Å²) < 4.78 is 10.7. The number of Topliss-reactive ketones (excluding diaryl/α,β-unsaturated/α-hetero) is 1. The number of hydrogen-bond acceptors (Lipinski definition) is 5. The summed E-state index contributed by atoms with van der Waals surface area (Å²) in [4.78, 5) is 38.4. The standard InChI is InChI=1S/C23H25NO5/c1-15(17-7-5-4-6-8-17)24-13-19(12-22(24)26)23(27)29-14-20-11-18(16(2)25)9-10-21(20)28-3/h4-11,15,19H,12-14H2,1-3H3/t15-,19-/m1/s1. The van der Waals surface area contributed by atoms with Crippen LogP contribution < -0.4 is 4.74 Å². The largest absolute Gasteiger partial charge is 0.496 e. The highest BCUT2D eigenvalue weighted by Gasteiger charge is 2.38. The van der Waals surface area contributed by atoms with Gasteiger partial charge in [0.05, 0.1) is 19.1 Å². The normalized spacial score (nSPS) is 17.1. The molecule has 29 heavy (non-hydrogen) atoms. The maximum absolute atomic E-state index is 12.6. The third-order valence-electron chi connectivity index (χ3n) is 5.30. The fourth-order valence-electron chi connectivity index (χ4n) is 3.55. The molecule has 2 aromatic rings. The van der Waals surface area contributed by atoms with Crippen LogP contribution in [0.15, 0.2) is 48.5 Å². The van der Waals surface area contributed by atoms with E-state index in [0.29, 0.717) is 23.4 Å². The maximum atomic E-state index is 12.6. The molecule has 6 nitrogen and oxygen atoms in total. The van der Waals surface area contributed by atoms with Crippen molar-refractivity contribution >= 4 is 17.7 Å². The molecule has 3 rings (SSSR count). The Morgan fingerprint density at radius 3 is 2.55 bits per heavy atom. The van der Waals surface area contributed by atoms with Crippen LogP contribution in [0.5, 0.6) is 5.75 Å². The van der Waals surface area contributed by atoms with Crippen molar-refractivity contribution in [2.45, 2.75) is 32.9 Å². The first-order chi connectivity index (χ1) is 13.9. The van der Waals surface area contributed by atoms with Gasteiger partial charge in [0.25, 0.3) is 0 Å². The number of ketones is 1. The SMILES string of the molecule is COc1ccc(C(C)=O)cc1COC(=O)[C@@H]1CC(=O)N([C@H](C)c2ccccc2)C1. The van der Waals surface area contributed by atoms with Gasteiger partial charge in [-0.3, -0.25) is 14.4 Å². The molecular weight excluding hydrogens is 370 g/mol. The van der Waals surface area contributed by atoms with Crippen molar-refractivity contribution in [3.8, 4) is 5.75 Å². The van der Waals surface area contributed by atoms with Crippen molar-refractivity contribution in [2.75, 3.05) is 13.7 Å². The molecule has 1 aliphatic rings. The Morgan fingerprint density at radius 1 is 1.17 bits per heavy atom. The lowest BCUT2D eigenvalue weighted by Gasteiger charge is -2.25. The predicted octanol–water partition coefficient (Wildman–Crippen LogP) is 3.55. The van der Waals surface area contributed by atoms with Crippen LogP contribution in [0, 0.1) is 5.92 Å². The first-order valence-corrected chi connectivity index (χ1v) is 9.59. The lowest BCUT2D eigenvalue weighted by atomic mass is 10.1. The molecule has 1 amide bonds. The second kappa shape index (κ2) is 8.90. The molecule has 0 bridgehead atoms. The van der Waals surface area contributed by atoms with Crippen LogP contribution in [0.4, 0.5) is 0 Å². The van der Waals surface area contributed by atoms with E-state index in [1.807, 2.05) is 37.3 Å². The molecule has 6 heteroatoms. The summed E-state index contributed by atoms with van der Waals surface area (Å²) >= 11 is 0. The Bertz CT molecular complexity index is 909. The van der Waals surface area contributed by atoms with Crippen molar-refractivity contribution in [1.82, 2.24) is 4.90 Å². The predicted molar refractivity (Wildman–Crippen MR) is 107 cm³/mol. The summed E-state index contributed by atoms with van der Waals surface area (Å²) in [6.45, 7) is 3.75. The highest BCUT2D eigenvalue weighted by molar-refractivity contribution is 5.94. The van der Waals surface area contributed by atoms with Gasteiger partial charge in [0, 0.05) is 24.1 Å². The Hall–Kier alpha value is -3.15. The van der Waals surface area contributed by atoms with E-state index in [9.17, 15) is 14.4 Å². The van der Waals surface area contributed by atoms with Crippen molar-refractivity contribution < 1.29 is 23.9 Å². The maximum Gasteiger partial charge on any atom is 0.311 e. The van der Waals surface area contributed by atoms with Crippen LogP contribution in [-0.2, 0) is 20.9 Å². The van der Waals surface area contributed by atoms with Gasteiger partial charge in [-0.15, -0.1) is 0 Å². The van der Waals surface area contributed by atoms with E-state index < -0.39 is 11.9 Å². The molecule has 0 saturated carbocycles. The number of benzene rings is 2. The summed E-state index contributed by atoms with van der Waals surface area (Å²) in [5.74, 6) is -0.511. The van der Waals surface area contributed by atoms with Gasteiger partial charge in [-0.05, 0) is 37.6 Å². The van der Waals surface area contributed by atoms with Crippen molar-refractivity contribution in [1.29, 1.82) is 0 Å². The molecule has 0 N–H and O–H groups in total. The van der Waals surface area contributed by atoms with Crippen LogP contribution in [0.1, 0.15) is 47.8 Å². The van der Waals surface area contributed by atoms with Crippen LogP contribution in [0.25, 0.3) is 0 Å². The summed E-state index contributed by atoms with van der Waals surface area (Å²) in [5, 5.41) is 0. The number of ether oxygens (including phenoxy) is 2. The summed E-state index contributed by atoms with van der Waals surface area (Å²) in [7, 11) is 1.52. The van der Waals surface area contributed by atoms with Crippen molar-refractivity contribution in [3.63, 3.8) is 0 Å². The van der Waals surface area contributed by atoms with Gasteiger partial charge in [-0.2, -0.15) is 0 Å². The molecule has 152 valence electrons. The zero-order chi connectivity index (χ0) is 21.0. The number of nitrogens with zero attached hydrogens (tertiary/aromatic N) is 1. The number of hydrogen-bond donors (Lipinski definition) is 0. The summed E-state index contributed by atoms with van der Waals surface area (Å²) in [5.41, 5.74) is 2.17. The third-order valence-corrected chi connectivity index (χ3v) is 5.30. The van der Waals surface area contributed by atoms with E-state index >= 15 is 0 Å². The molecule has 0 aliphatic carbocycles. The van der Waals surface area contributed by atoms with E-state index in [1.54, 1.807) is 23.1 Å². The first-order valence-electron chi connectivity index (χ1n) is 9.59. The topological polar surface area (TPSA) is 72.9 Å². The van der Waals surface area contributed by atoms with E-state index in [1.165, 1.54) is 14.0 Å². The second-order valence-corrected chi connectivity index (χ2v) is 7.22. The molecule has 2 aromatic carbocycles. The van der Waals surface area contributed by atoms with Gasteiger partial charge in [-0.1, -0.05) is 30.3 Å². The summed E-state index contributed by atoms with van der Waals surface area (Å²) in [6, 6.07) is 14.6. The van der Waals surface area contributed by atoms with Gasteiger partial charge in [-0.25, -0.2) is 0 Å². The number of esters is 1. The van der Waals surface area contributed by atoms with E-state index in [0.717, 1.165) is 5.56 Å². The minimum absolute atomic E-state index is 0.0118. The minimum Gasteiger partial charge on any atom is -0.496 e. The average Bonchev–Trinajstić information content (AvgIpc) is 3.13. The lowest BCUT2D eigenvalue weighted by Crippen LogP contribution is -2.29. The fourth-order valence-corrected chi connectivity index (χ4v) is 3.55. The van der Waals surface area contributed by atoms with Gasteiger partial charge in [0.1, 0.15) is 12.4 Å². The zero-order valence-corrected chi connectivity index (χ0v) is 16.9. The first kappa shape index (κ1) is 20.6. The minimum atomic E-state index is -0.504. The number of amides is 1. The van der Waals surface area contributed by atoms with Gasteiger partial charge in [0.2, 0.25) is 5.91 Å². The molecule has 1 fully saturated rings. The molecule has 2 atom stereocenters. The Kier molecular flexibility index (Phi) is 6.32. The quantitative estimate of drug-likeness (QED) is 0.530. The third kappa shape index (κ3) is 4.65. The van der Waals surface area contributed by atoms with E-state index in [2.05, 4.69) is 0 Å². The highest BCUT2D eigenvalue weighted by Crippen LogP contribution is 2.29. The van der Waals surface area contributed by atoms with Gasteiger partial charge in [0.15, 0.2) is 5.78 Å². The molecule has 1 heterocycles. The van der Waals surface area contributed by atoms with Crippen LogP contribution in [0.3, 0.4) is 0 Å². The van der Waals surface area contributed by atoms with Crippen molar-refractivity contribution in [2.24, 2.45) is 5.92 Å². The number of carbonyl (C=O) groups is 3. The zero-order valence-electron chi connectivity index (χ0n) is 16.9. The van der Waals surface area contributed by atoms with Gasteiger partial charge >= 0.3 is 5.97 Å². The molecule has 0 radical (unpaired) electrons. The number of rotatable bonds is 7. The number of methoxy groups -OCH3 is 1. The molecular formula is C23H25NO5. The van der Waals surface area contributed by atoms with Gasteiger partial charge < -0.3 is 14.4 Å². The van der Waals surface area contributed by atoms with Crippen LogP contribution in [-0.4, -0.2) is 36.2 Å². The molecule has 1 aliphatic heterocycles. The monoisotopic (exact) mass is 395 g/mol. The van der Waals surface area contributed by atoms with E-state index in [-0.39, 0.29) is 30.8 Å². The lowest BCUT2D eigenvalue weighted by molar-refractivity contribution is -0.149. The molecule has 0 aromatic heterocycles.